The summed E-state index contributed by atoms with van der Waals surface area (Å²) in [6.07, 6.45) is 9.28. The second kappa shape index (κ2) is 6.27. The Morgan fingerprint density at radius 2 is 1.61 bits per heavy atom. The maximum Gasteiger partial charge on any atom is 0.203 e. The second-order valence-electron chi connectivity index (χ2n) is 7.10. The van der Waals surface area contributed by atoms with Crippen molar-refractivity contribution in [2.24, 2.45) is 10.8 Å². The summed E-state index contributed by atoms with van der Waals surface area (Å²) in [7, 11) is 0.822. The summed E-state index contributed by atoms with van der Waals surface area (Å²) in [4.78, 5) is 0. The average Bonchev–Trinajstić information content (AvgIpc) is 2.29. The molecular weight excluding hydrogens is 236 g/mol. The number of hydrogen-bond acceptors (Lipinski definition) is 1. The van der Waals surface area contributed by atoms with Gasteiger partial charge in [-0.2, -0.15) is 0 Å². The van der Waals surface area contributed by atoms with Gasteiger partial charge in [-0.05, 0) is 36.2 Å². The minimum Gasteiger partial charge on any atom is -0.556 e. The molecule has 0 aromatic carbocycles. The maximum absolute atomic E-state index is 5.84. The lowest BCUT2D eigenvalue weighted by Crippen LogP contribution is -2.35. The summed E-state index contributed by atoms with van der Waals surface area (Å²) in [6.45, 7) is 11.9. The summed E-state index contributed by atoms with van der Waals surface area (Å²) in [5.74, 6) is 1.31. The number of rotatable bonds is 1. The molecular formula is C16H32OSi. The van der Waals surface area contributed by atoms with Gasteiger partial charge in [0.2, 0.25) is 10.5 Å². The minimum absolute atomic E-state index is 0.282. The van der Waals surface area contributed by atoms with Crippen molar-refractivity contribution in [1.29, 1.82) is 0 Å². The first-order valence-corrected chi connectivity index (χ1v) is 8.39. The van der Waals surface area contributed by atoms with Crippen molar-refractivity contribution in [1.82, 2.24) is 0 Å². The van der Waals surface area contributed by atoms with Gasteiger partial charge in [0.25, 0.3) is 0 Å². The molecule has 0 spiro atoms. The van der Waals surface area contributed by atoms with Crippen LogP contribution in [0.5, 0.6) is 0 Å². The largest absolute Gasteiger partial charge is 0.556 e. The van der Waals surface area contributed by atoms with Gasteiger partial charge >= 0.3 is 0 Å². The Morgan fingerprint density at radius 1 is 1.06 bits per heavy atom. The van der Waals surface area contributed by atoms with Gasteiger partial charge < -0.3 is 4.43 Å². The maximum atomic E-state index is 5.84. The summed E-state index contributed by atoms with van der Waals surface area (Å²) in [6, 6.07) is 0. The smallest absolute Gasteiger partial charge is 0.203 e. The van der Waals surface area contributed by atoms with E-state index in [1.807, 2.05) is 0 Å². The molecule has 0 bridgehead atoms. The normalized spacial score (nSPS) is 28.3. The van der Waals surface area contributed by atoms with Crippen LogP contribution >= 0.6 is 0 Å². The predicted molar refractivity (Wildman–Crippen MR) is 83.6 cm³/mol. The first-order valence-electron chi connectivity index (χ1n) is 7.57. The molecule has 106 valence electrons. The highest BCUT2D eigenvalue weighted by Gasteiger charge is 2.39. The van der Waals surface area contributed by atoms with Crippen molar-refractivity contribution < 1.29 is 4.43 Å². The van der Waals surface area contributed by atoms with E-state index in [1.165, 1.54) is 49.9 Å². The summed E-state index contributed by atoms with van der Waals surface area (Å²) >= 11 is 0. The number of allylic oxidation sites excluding steroid dienone is 2. The predicted octanol–water partition coefficient (Wildman–Crippen LogP) is 4.35. The van der Waals surface area contributed by atoms with E-state index >= 15 is 0 Å². The molecule has 0 heterocycles. The lowest BCUT2D eigenvalue weighted by Gasteiger charge is -2.44. The van der Waals surface area contributed by atoms with E-state index in [0.717, 1.165) is 16.9 Å². The van der Waals surface area contributed by atoms with E-state index in [-0.39, 0.29) is 5.41 Å². The number of hydrogen-bond donors (Lipinski definition) is 0. The van der Waals surface area contributed by atoms with Crippen LogP contribution in [0, 0.1) is 10.8 Å². The van der Waals surface area contributed by atoms with Crippen LogP contribution in [0.4, 0.5) is 0 Å². The van der Waals surface area contributed by atoms with Gasteiger partial charge in [0.15, 0.2) is 0 Å². The molecule has 0 aliphatic heterocycles. The second-order valence-corrected chi connectivity index (χ2v) is 7.51. The molecule has 1 rings (SSSR count). The third-order valence-electron chi connectivity index (χ3n) is 5.23. The van der Waals surface area contributed by atoms with Crippen LogP contribution in [0.3, 0.4) is 0 Å². The van der Waals surface area contributed by atoms with E-state index in [2.05, 4.69) is 34.6 Å². The highest BCUT2D eigenvalue weighted by Crippen LogP contribution is 2.49. The fraction of sp³-hybridized carbons (Fsp3) is 0.875. The molecule has 0 aromatic rings. The quantitative estimate of drug-likeness (QED) is 0.642. The van der Waals surface area contributed by atoms with Gasteiger partial charge in [-0.1, -0.05) is 53.4 Å². The van der Waals surface area contributed by atoms with Crippen molar-refractivity contribution in [2.45, 2.75) is 79.6 Å². The monoisotopic (exact) mass is 268 g/mol. The van der Waals surface area contributed by atoms with Gasteiger partial charge in [-0.25, -0.2) is 0 Å². The molecule has 1 aliphatic carbocycles. The van der Waals surface area contributed by atoms with E-state index in [1.54, 1.807) is 0 Å². The average molecular weight is 269 g/mol. The highest BCUT2D eigenvalue weighted by atomic mass is 28.2. The molecule has 0 amide bonds. The molecule has 1 aliphatic rings. The fourth-order valence-electron chi connectivity index (χ4n) is 3.17. The van der Waals surface area contributed by atoms with Gasteiger partial charge in [-0.15, -0.1) is 0 Å². The van der Waals surface area contributed by atoms with Crippen molar-refractivity contribution >= 4 is 10.5 Å². The van der Waals surface area contributed by atoms with E-state index in [4.69, 9.17) is 4.43 Å². The molecule has 0 radical (unpaired) electrons. The van der Waals surface area contributed by atoms with Gasteiger partial charge in [0.1, 0.15) is 0 Å². The zero-order valence-corrected chi connectivity index (χ0v) is 15.4. The zero-order valence-electron chi connectivity index (χ0n) is 13.4. The first-order chi connectivity index (χ1) is 8.33. The molecule has 0 saturated heterocycles. The van der Waals surface area contributed by atoms with E-state index < -0.39 is 0 Å². The Morgan fingerprint density at radius 3 is 2.17 bits per heavy atom. The Balaban J connectivity index is 3.13. The van der Waals surface area contributed by atoms with Crippen LogP contribution in [-0.2, 0) is 4.43 Å². The lowest BCUT2D eigenvalue weighted by molar-refractivity contribution is 0.128. The molecule has 1 unspecified atom stereocenters. The van der Waals surface area contributed by atoms with Gasteiger partial charge in [0.05, 0.1) is 5.76 Å². The molecule has 18 heavy (non-hydrogen) atoms. The third-order valence-corrected chi connectivity index (χ3v) is 5.72. The Kier molecular flexibility index (Phi) is 5.51. The van der Waals surface area contributed by atoms with Crippen LogP contribution in [0.25, 0.3) is 0 Å². The molecule has 0 saturated carbocycles. The first kappa shape index (κ1) is 15.8. The molecule has 0 N–H and O–H groups in total. The minimum atomic E-state index is 0.282. The van der Waals surface area contributed by atoms with Crippen LogP contribution in [-0.4, -0.2) is 10.5 Å². The van der Waals surface area contributed by atoms with Crippen molar-refractivity contribution in [3.8, 4) is 0 Å². The topological polar surface area (TPSA) is 9.23 Å². The van der Waals surface area contributed by atoms with Gasteiger partial charge in [0, 0.05) is 6.42 Å². The molecule has 1 nitrogen and oxygen atoms in total. The Bertz CT molecular complexity index is 301. The fourth-order valence-corrected chi connectivity index (χ4v) is 3.68. The Labute approximate surface area is 117 Å². The third kappa shape index (κ3) is 3.40. The van der Waals surface area contributed by atoms with E-state index in [0.29, 0.717) is 5.41 Å². The molecule has 1 atom stereocenters. The Hall–Kier alpha value is -0.243. The van der Waals surface area contributed by atoms with Crippen molar-refractivity contribution in [3.63, 3.8) is 0 Å². The van der Waals surface area contributed by atoms with E-state index in [9.17, 15) is 0 Å². The van der Waals surface area contributed by atoms with Crippen molar-refractivity contribution in [2.75, 3.05) is 0 Å². The molecule has 0 fully saturated rings. The van der Waals surface area contributed by atoms with Crippen LogP contribution in [0.15, 0.2) is 11.3 Å². The highest BCUT2D eigenvalue weighted by molar-refractivity contribution is 5.98. The SMILES string of the molecule is CC1=C(O[SiH3])CCCCCCCC1(C)C(C)(C)C. The van der Waals surface area contributed by atoms with Gasteiger partial charge in [-0.3, -0.25) is 0 Å². The lowest BCUT2D eigenvalue weighted by atomic mass is 9.61. The summed E-state index contributed by atoms with van der Waals surface area (Å²) < 4.78 is 5.84. The standard InChI is InChI=1S/C16H32OSi/c1-13-14(17-18)11-9-7-6-8-10-12-16(13,5)15(2,3)4/h6-12H2,1-5,18H3. The summed E-state index contributed by atoms with van der Waals surface area (Å²) in [5, 5.41) is 0. The summed E-state index contributed by atoms with van der Waals surface area (Å²) in [5.41, 5.74) is 2.11. The molecule has 0 aromatic heterocycles. The van der Waals surface area contributed by atoms with Crippen LogP contribution in [0.1, 0.15) is 79.6 Å². The van der Waals surface area contributed by atoms with Crippen LogP contribution < -0.4 is 0 Å². The van der Waals surface area contributed by atoms with Crippen LogP contribution in [0.2, 0.25) is 0 Å². The zero-order chi connectivity index (χ0) is 13.8. The molecule has 2 heteroatoms. The van der Waals surface area contributed by atoms with Crippen molar-refractivity contribution in [3.05, 3.63) is 11.3 Å².